The van der Waals surface area contributed by atoms with Gasteiger partial charge in [0, 0.05) is 29.1 Å². The maximum absolute atomic E-state index is 15.3. The van der Waals surface area contributed by atoms with E-state index < -0.39 is 52.8 Å². The molecule has 2 atom stereocenters. The molecule has 5 rings (SSSR count). The first-order valence-electron chi connectivity index (χ1n) is 15.9. The van der Waals surface area contributed by atoms with Crippen LogP contribution in [-0.2, 0) is 10.8 Å². The first kappa shape index (κ1) is 37.4. The maximum atomic E-state index is 15.3. The molecule has 268 valence electrons. The predicted octanol–water partition coefficient (Wildman–Crippen LogP) is 12.0. The van der Waals surface area contributed by atoms with E-state index in [0.717, 1.165) is 86.4 Å². The summed E-state index contributed by atoms with van der Waals surface area (Å²) in [6.07, 6.45) is -4.32. The summed E-state index contributed by atoms with van der Waals surface area (Å²) in [6, 6.07) is 11.8. The highest BCUT2D eigenvalue weighted by atomic mass is 32.2. The van der Waals surface area contributed by atoms with E-state index in [9.17, 15) is 22.0 Å². The van der Waals surface area contributed by atoms with Gasteiger partial charge in [0.1, 0.15) is 23.2 Å². The van der Waals surface area contributed by atoms with E-state index in [-0.39, 0.29) is 27.5 Å². The van der Waals surface area contributed by atoms with Crippen LogP contribution in [0.5, 0.6) is 11.5 Å². The van der Waals surface area contributed by atoms with Crippen molar-refractivity contribution in [1.29, 1.82) is 0 Å². The van der Waals surface area contributed by atoms with Crippen molar-refractivity contribution in [3.05, 3.63) is 107 Å². The van der Waals surface area contributed by atoms with Gasteiger partial charge in [-0.3, -0.25) is 0 Å². The zero-order valence-electron chi connectivity index (χ0n) is 26.8. The normalized spacial score (nSPS) is 16.8. The minimum Gasteiger partial charge on any atom is -0.429 e. The molecule has 0 aromatic heterocycles. The molecule has 0 amide bonds. The van der Waals surface area contributed by atoms with Crippen LogP contribution < -0.4 is 9.47 Å². The van der Waals surface area contributed by atoms with E-state index in [1.165, 1.54) is 12.1 Å². The lowest BCUT2D eigenvalue weighted by Gasteiger charge is -2.28. The van der Waals surface area contributed by atoms with Crippen LogP contribution in [0.4, 0.5) is 39.5 Å². The number of unbranched alkanes of at least 4 members (excludes halogenated alkanes) is 2. The van der Waals surface area contributed by atoms with E-state index in [1.54, 1.807) is 17.8 Å². The van der Waals surface area contributed by atoms with Gasteiger partial charge < -0.3 is 14.2 Å². The summed E-state index contributed by atoms with van der Waals surface area (Å²) in [6.45, 7) is 3.60. The SMILES string of the molecule is CCCCCOCC1CCC(c2ccc(-c3ccc(C(F)(F)Oc4ccc(-c5ccc(OC(F)(F)F)c(F)c5)c(F)c4)c(F)c3)c(F)c2)SC1. The third kappa shape index (κ3) is 9.48. The van der Waals surface area contributed by atoms with Crippen molar-refractivity contribution in [3.8, 4) is 33.8 Å². The molecule has 4 aromatic rings. The molecule has 0 N–H and O–H groups in total. The van der Waals surface area contributed by atoms with E-state index in [1.807, 2.05) is 0 Å². The number of hydrogen-bond donors (Lipinski definition) is 0. The molecule has 13 heteroatoms. The summed E-state index contributed by atoms with van der Waals surface area (Å²) in [4.78, 5) is 0. The maximum Gasteiger partial charge on any atom is 0.573 e. The quantitative estimate of drug-likeness (QED) is 0.101. The Bertz CT molecular complexity index is 1770. The molecule has 0 bridgehead atoms. The van der Waals surface area contributed by atoms with Gasteiger partial charge in [-0.2, -0.15) is 20.5 Å². The van der Waals surface area contributed by atoms with E-state index >= 15 is 17.6 Å². The zero-order chi connectivity index (χ0) is 36.1. The van der Waals surface area contributed by atoms with Gasteiger partial charge >= 0.3 is 12.5 Å². The third-order valence-electron chi connectivity index (χ3n) is 8.23. The first-order chi connectivity index (χ1) is 23.7. The second-order valence-corrected chi connectivity index (χ2v) is 13.2. The molecular weight excluding hydrogens is 695 g/mol. The van der Waals surface area contributed by atoms with Gasteiger partial charge in [0.15, 0.2) is 11.6 Å². The summed E-state index contributed by atoms with van der Waals surface area (Å²) in [5, 5.41) is 0.0864. The average molecular weight is 729 g/mol. The average Bonchev–Trinajstić information content (AvgIpc) is 3.05. The van der Waals surface area contributed by atoms with Crippen LogP contribution >= 0.6 is 11.8 Å². The number of halogens is 9. The fraction of sp³-hybridized carbons (Fsp3) is 0.351. The minimum absolute atomic E-state index is 0.0229. The Balaban J connectivity index is 1.23. The summed E-state index contributed by atoms with van der Waals surface area (Å²) < 4.78 is 141. The molecule has 50 heavy (non-hydrogen) atoms. The Morgan fingerprint density at radius 1 is 0.700 bits per heavy atom. The fourth-order valence-electron chi connectivity index (χ4n) is 5.66. The van der Waals surface area contributed by atoms with Crippen LogP contribution in [0.25, 0.3) is 22.3 Å². The number of alkyl halides is 5. The van der Waals surface area contributed by atoms with Crippen molar-refractivity contribution in [1.82, 2.24) is 0 Å². The van der Waals surface area contributed by atoms with Crippen LogP contribution in [0.1, 0.15) is 55.4 Å². The van der Waals surface area contributed by atoms with Crippen LogP contribution in [0.15, 0.2) is 72.8 Å². The van der Waals surface area contributed by atoms with E-state index in [4.69, 9.17) is 4.74 Å². The number of thioether (sulfide) groups is 1. The summed E-state index contributed by atoms with van der Waals surface area (Å²) in [7, 11) is 0. The molecular formula is C37H33F9O3S. The van der Waals surface area contributed by atoms with Crippen LogP contribution in [0, 0.1) is 29.2 Å². The summed E-state index contributed by atoms with van der Waals surface area (Å²) in [5.74, 6) is -5.16. The summed E-state index contributed by atoms with van der Waals surface area (Å²) >= 11 is 1.73. The highest BCUT2D eigenvalue weighted by molar-refractivity contribution is 7.99. The second-order valence-electron chi connectivity index (χ2n) is 11.9. The lowest BCUT2D eigenvalue weighted by Crippen LogP contribution is -2.23. The lowest BCUT2D eigenvalue weighted by molar-refractivity contribution is -0.275. The van der Waals surface area contributed by atoms with Crippen molar-refractivity contribution >= 4 is 11.8 Å². The molecule has 2 unspecified atom stereocenters. The Morgan fingerprint density at radius 3 is 1.98 bits per heavy atom. The van der Waals surface area contributed by atoms with Crippen molar-refractivity contribution < 1.29 is 53.7 Å². The van der Waals surface area contributed by atoms with E-state index in [0.29, 0.717) is 30.7 Å². The van der Waals surface area contributed by atoms with Crippen molar-refractivity contribution in [2.45, 2.75) is 56.7 Å². The smallest absolute Gasteiger partial charge is 0.429 e. The van der Waals surface area contributed by atoms with Gasteiger partial charge in [0.05, 0.1) is 12.2 Å². The minimum atomic E-state index is -5.15. The molecule has 1 aliphatic heterocycles. The van der Waals surface area contributed by atoms with Gasteiger partial charge in [0.25, 0.3) is 0 Å². The molecule has 1 saturated heterocycles. The van der Waals surface area contributed by atoms with E-state index in [2.05, 4.69) is 16.4 Å². The number of benzene rings is 4. The second kappa shape index (κ2) is 16.0. The zero-order valence-corrected chi connectivity index (χ0v) is 27.6. The first-order valence-corrected chi connectivity index (χ1v) is 17.0. The number of hydrogen-bond acceptors (Lipinski definition) is 4. The standard InChI is InChI=1S/C37H33F9O3S/c1-2-3-4-15-47-20-22-5-14-35(50-21-22)25-6-10-27(30(38)18-25)23-7-12-29(32(40)16-23)36(42,43)48-26-9-11-28(31(39)19-26)24-8-13-34(33(41)17-24)49-37(44,45)46/h6-13,16-19,22,35H,2-5,14-15,20-21H2,1H3. The predicted molar refractivity (Wildman–Crippen MR) is 173 cm³/mol. The Morgan fingerprint density at radius 2 is 1.38 bits per heavy atom. The summed E-state index contributed by atoms with van der Waals surface area (Å²) in [5.41, 5.74) is -0.902. The Hall–Kier alpha value is -3.84. The number of ether oxygens (including phenoxy) is 3. The third-order valence-corrected chi connectivity index (χ3v) is 9.80. The van der Waals surface area contributed by atoms with Crippen molar-refractivity contribution in [3.63, 3.8) is 0 Å². The van der Waals surface area contributed by atoms with Gasteiger partial charge in [-0.15, -0.1) is 13.2 Å². The van der Waals surface area contributed by atoms with Gasteiger partial charge in [-0.05, 0) is 90.1 Å². The van der Waals surface area contributed by atoms with Gasteiger partial charge in [-0.1, -0.05) is 44.0 Å². The van der Waals surface area contributed by atoms with Crippen LogP contribution in [-0.4, -0.2) is 25.3 Å². The van der Waals surface area contributed by atoms with Crippen LogP contribution in [0.2, 0.25) is 0 Å². The van der Waals surface area contributed by atoms with Crippen molar-refractivity contribution in [2.75, 3.05) is 19.0 Å². The molecule has 1 aliphatic rings. The Kier molecular flexibility index (Phi) is 12.0. The molecule has 4 aromatic carbocycles. The topological polar surface area (TPSA) is 27.7 Å². The Labute approximate surface area is 287 Å². The molecule has 0 saturated carbocycles. The number of rotatable bonds is 13. The van der Waals surface area contributed by atoms with Crippen LogP contribution in [0.3, 0.4) is 0 Å². The highest BCUT2D eigenvalue weighted by Gasteiger charge is 2.38. The molecule has 0 spiro atoms. The molecule has 1 fully saturated rings. The molecule has 1 heterocycles. The highest BCUT2D eigenvalue weighted by Crippen LogP contribution is 2.42. The van der Waals surface area contributed by atoms with Gasteiger partial charge in [0.2, 0.25) is 0 Å². The fourth-order valence-corrected chi connectivity index (χ4v) is 7.07. The largest absolute Gasteiger partial charge is 0.573 e. The molecule has 0 aliphatic carbocycles. The lowest BCUT2D eigenvalue weighted by atomic mass is 9.97. The monoisotopic (exact) mass is 728 g/mol. The van der Waals surface area contributed by atoms with Gasteiger partial charge in [-0.25, -0.2) is 17.6 Å². The van der Waals surface area contributed by atoms with Crippen molar-refractivity contribution in [2.24, 2.45) is 5.92 Å². The molecule has 3 nitrogen and oxygen atoms in total. The molecule has 0 radical (unpaired) electrons.